The second kappa shape index (κ2) is 8.81. The molecule has 1 aliphatic heterocycles. The Balaban J connectivity index is 1.35. The molecule has 34 heavy (non-hydrogen) atoms. The number of Topliss-reactive ketones (excluding diaryl/α,β-unsaturated/α-hetero) is 1. The molecule has 0 unspecified atom stereocenters. The summed E-state index contributed by atoms with van der Waals surface area (Å²) in [6, 6.07) is 12.2. The number of benzene rings is 1. The number of hydrogen-bond acceptors (Lipinski definition) is 6. The number of rotatable bonds is 4. The van der Waals surface area contributed by atoms with Gasteiger partial charge in [0, 0.05) is 44.1 Å². The summed E-state index contributed by atoms with van der Waals surface area (Å²) >= 11 is 0. The Bertz CT molecular complexity index is 1380. The van der Waals surface area contributed by atoms with Crippen LogP contribution in [0.25, 0.3) is 22.3 Å². The van der Waals surface area contributed by atoms with Gasteiger partial charge in [-0.25, -0.2) is 9.37 Å². The van der Waals surface area contributed by atoms with Gasteiger partial charge in [-0.15, -0.1) is 5.10 Å². The highest BCUT2D eigenvalue weighted by Gasteiger charge is 2.31. The van der Waals surface area contributed by atoms with Gasteiger partial charge in [-0.3, -0.25) is 14.4 Å². The second-order valence-electron chi connectivity index (χ2n) is 7.80. The van der Waals surface area contributed by atoms with E-state index in [0.29, 0.717) is 30.0 Å². The summed E-state index contributed by atoms with van der Waals surface area (Å²) in [6.07, 6.45) is 3.81. The van der Waals surface area contributed by atoms with Crippen LogP contribution in [-0.4, -0.2) is 73.7 Å². The Morgan fingerprint density at radius 3 is 2.38 bits per heavy atom. The third-order valence-corrected chi connectivity index (χ3v) is 5.79. The van der Waals surface area contributed by atoms with Gasteiger partial charge in [-0.2, -0.15) is 5.10 Å². The van der Waals surface area contributed by atoms with Gasteiger partial charge in [0.1, 0.15) is 11.4 Å². The minimum atomic E-state index is -0.829. The number of H-pyrrole nitrogens is 1. The number of aromatic nitrogens is 4. The van der Waals surface area contributed by atoms with Crippen molar-refractivity contribution in [1.82, 2.24) is 30.0 Å². The van der Waals surface area contributed by atoms with E-state index in [0.717, 1.165) is 6.20 Å². The number of nitrogens with zero attached hydrogens (tertiary/aromatic N) is 5. The Morgan fingerprint density at radius 2 is 1.68 bits per heavy atom. The number of aromatic amines is 1. The summed E-state index contributed by atoms with van der Waals surface area (Å²) < 4.78 is 14.7. The molecular weight excluding hydrogens is 439 g/mol. The number of piperazine rings is 1. The maximum absolute atomic E-state index is 14.7. The summed E-state index contributed by atoms with van der Waals surface area (Å²) in [7, 11) is 0. The lowest BCUT2D eigenvalue weighted by Crippen LogP contribution is -2.52. The molecule has 0 radical (unpaired) electrons. The van der Waals surface area contributed by atoms with Crippen molar-refractivity contribution in [2.24, 2.45) is 0 Å². The SMILES string of the molecule is O=C(C(=O)N1CCN(C(=O)c2ccccc2)CC1)c1c[nH]c2c(-c3cccnn3)ncc(F)c12. The molecule has 1 aliphatic rings. The van der Waals surface area contributed by atoms with Crippen molar-refractivity contribution >= 4 is 28.5 Å². The molecule has 1 fully saturated rings. The van der Waals surface area contributed by atoms with E-state index in [9.17, 15) is 18.8 Å². The Kier molecular flexibility index (Phi) is 5.54. The Labute approximate surface area is 193 Å². The molecule has 2 amide bonds. The summed E-state index contributed by atoms with van der Waals surface area (Å²) in [6.45, 7) is 1.02. The van der Waals surface area contributed by atoms with E-state index in [-0.39, 0.29) is 35.5 Å². The van der Waals surface area contributed by atoms with Crippen LogP contribution in [0.15, 0.2) is 61.1 Å². The fraction of sp³-hybridized carbons (Fsp3) is 0.167. The summed E-state index contributed by atoms with van der Waals surface area (Å²) in [5.74, 6) is -2.42. The Morgan fingerprint density at radius 1 is 0.941 bits per heavy atom. The predicted octanol–water partition coefficient (Wildman–Crippen LogP) is 2.33. The van der Waals surface area contributed by atoms with Crippen LogP contribution in [0.5, 0.6) is 0 Å². The fourth-order valence-corrected chi connectivity index (χ4v) is 4.04. The zero-order valence-corrected chi connectivity index (χ0v) is 17.9. The minimum Gasteiger partial charge on any atom is -0.359 e. The van der Waals surface area contributed by atoms with Crippen LogP contribution in [0.1, 0.15) is 20.7 Å². The van der Waals surface area contributed by atoms with E-state index < -0.39 is 17.5 Å². The van der Waals surface area contributed by atoms with E-state index in [4.69, 9.17) is 0 Å². The highest BCUT2D eigenvalue weighted by atomic mass is 19.1. The van der Waals surface area contributed by atoms with E-state index in [1.807, 2.05) is 6.07 Å². The van der Waals surface area contributed by atoms with Gasteiger partial charge in [-0.05, 0) is 24.3 Å². The highest BCUT2D eigenvalue weighted by Crippen LogP contribution is 2.29. The number of amides is 2. The van der Waals surface area contributed by atoms with Gasteiger partial charge in [0.2, 0.25) is 0 Å². The Hall–Kier alpha value is -4.47. The number of carbonyl (C=O) groups excluding carboxylic acids is 3. The van der Waals surface area contributed by atoms with E-state index in [1.165, 1.54) is 17.3 Å². The molecule has 0 bridgehead atoms. The van der Waals surface area contributed by atoms with Crippen LogP contribution in [0, 0.1) is 5.82 Å². The standard InChI is InChI=1S/C24H19FN6O3/c25-17-14-27-20(18-7-4-8-28-29-18)21-19(17)16(13-26-21)22(32)24(34)31-11-9-30(10-12-31)23(33)15-5-2-1-3-6-15/h1-8,13-14,26H,9-12H2. The van der Waals surface area contributed by atoms with Crippen molar-refractivity contribution in [3.05, 3.63) is 78.0 Å². The topological polar surface area (TPSA) is 112 Å². The van der Waals surface area contributed by atoms with E-state index >= 15 is 0 Å². The molecule has 0 atom stereocenters. The van der Waals surface area contributed by atoms with Gasteiger partial charge >= 0.3 is 0 Å². The molecule has 1 aromatic carbocycles. The monoisotopic (exact) mass is 458 g/mol. The predicted molar refractivity (Wildman–Crippen MR) is 120 cm³/mol. The number of halogens is 1. The van der Waals surface area contributed by atoms with Crippen molar-refractivity contribution in [2.45, 2.75) is 0 Å². The molecule has 5 rings (SSSR count). The smallest absolute Gasteiger partial charge is 0.295 e. The molecule has 0 aliphatic carbocycles. The van der Waals surface area contributed by atoms with Crippen LogP contribution in [0.2, 0.25) is 0 Å². The number of pyridine rings is 1. The number of carbonyl (C=O) groups is 3. The molecule has 10 heteroatoms. The maximum Gasteiger partial charge on any atom is 0.295 e. The first-order valence-corrected chi connectivity index (χ1v) is 10.7. The normalized spacial score (nSPS) is 13.8. The largest absolute Gasteiger partial charge is 0.359 e. The molecular formula is C24H19FN6O3. The molecule has 170 valence electrons. The second-order valence-corrected chi connectivity index (χ2v) is 7.80. The third-order valence-electron chi connectivity index (χ3n) is 5.79. The van der Waals surface area contributed by atoms with Crippen LogP contribution in [-0.2, 0) is 4.79 Å². The number of nitrogens with one attached hydrogen (secondary N) is 1. The van der Waals surface area contributed by atoms with E-state index in [2.05, 4.69) is 20.2 Å². The number of hydrogen-bond donors (Lipinski definition) is 1. The number of fused-ring (bicyclic) bond motifs is 1. The van der Waals surface area contributed by atoms with Crippen LogP contribution in [0.3, 0.4) is 0 Å². The fourth-order valence-electron chi connectivity index (χ4n) is 4.04. The molecule has 1 N–H and O–H groups in total. The average molecular weight is 458 g/mol. The summed E-state index contributed by atoms with van der Waals surface area (Å²) in [5, 5.41) is 7.77. The van der Waals surface area contributed by atoms with Crippen LogP contribution >= 0.6 is 0 Å². The average Bonchev–Trinajstić information content (AvgIpc) is 3.35. The van der Waals surface area contributed by atoms with Crippen LogP contribution in [0.4, 0.5) is 4.39 Å². The minimum absolute atomic E-state index is 0.0214. The summed E-state index contributed by atoms with van der Waals surface area (Å²) in [4.78, 5) is 48.6. The van der Waals surface area contributed by atoms with Crippen molar-refractivity contribution in [1.29, 1.82) is 0 Å². The van der Waals surface area contributed by atoms with Gasteiger partial charge in [0.25, 0.3) is 17.6 Å². The zero-order valence-electron chi connectivity index (χ0n) is 17.9. The summed E-state index contributed by atoms with van der Waals surface area (Å²) in [5.41, 5.74) is 1.48. The first-order valence-electron chi connectivity index (χ1n) is 10.7. The van der Waals surface area contributed by atoms with Crippen LogP contribution < -0.4 is 0 Å². The van der Waals surface area contributed by atoms with Gasteiger partial charge in [-0.1, -0.05) is 18.2 Å². The maximum atomic E-state index is 14.7. The molecule has 3 aromatic heterocycles. The molecule has 1 saturated heterocycles. The first-order chi connectivity index (χ1) is 16.5. The lowest BCUT2D eigenvalue weighted by Gasteiger charge is -2.34. The zero-order chi connectivity index (χ0) is 23.7. The van der Waals surface area contributed by atoms with Gasteiger partial charge in [0.15, 0.2) is 5.82 Å². The van der Waals surface area contributed by atoms with Gasteiger partial charge < -0.3 is 14.8 Å². The lowest BCUT2D eigenvalue weighted by molar-refractivity contribution is -0.127. The van der Waals surface area contributed by atoms with Crippen molar-refractivity contribution < 1.29 is 18.8 Å². The van der Waals surface area contributed by atoms with Crippen molar-refractivity contribution in [3.8, 4) is 11.4 Å². The van der Waals surface area contributed by atoms with Crippen molar-refractivity contribution in [2.75, 3.05) is 26.2 Å². The van der Waals surface area contributed by atoms with E-state index in [1.54, 1.807) is 41.3 Å². The highest BCUT2D eigenvalue weighted by molar-refractivity contribution is 6.45. The molecule has 4 aromatic rings. The first kappa shape index (κ1) is 21.4. The third kappa shape index (κ3) is 3.79. The lowest BCUT2D eigenvalue weighted by atomic mass is 10.1. The molecule has 0 spiro atoms. The molecule has 4 heterocycles. The van der Waals surface area contributed by atoms with Gasteiger partial charge in [0.05, 0.1) is 22.7 Å². The quantitative estimate of drug-likeness (QED) is 0.371. The molecule has 0 saturated carbocycles. The van der Waals surface area contributed by atoms with Crippen molar-refractivity contribution in [3.63, 3.8) is 0 Å². The number of ketones is 1. The molecule has 9 nitrogen and oxygen atoms in total.